The maximum Gasteiger partial charge on any atom is 0.350 e. The van der Waals surface area contributed by atoms with Crippen LogP contribution < -0.4 is 10.6 Å². The molecule has 0 amide bonds. The molecule has 1 aliphatic rings. The average molecular weight is 307 g/mol. The van der Waals surface area contributed by atoms with Gasteiger partial charge in [0.15, 0.2) is 0 Å². The summed E-state index contributed by atoms with van der Waals surface area (Å²) < 4.78 is 4.74. The molecule has 0 atom stereocenters. The molecule has 21 heavy (non-hydrogen) atoms. The summed E-state index contributed by atoms with van der Waals surface area (Å²) in [6.45, 7) is 6.30. The van der Waals surface area contributed by atoms with E-state index in [1.165, 1.54) is 18.4 Å². The molecule has 2 rings (SSSR count). The molecule has 1 aromatic heterocycles. The number of ether oxygens (including phenoxy) is 1. The fourth-order valence-electron chi connectivity index (χ4n) is 2.63. The Morgan fingerprint density at radius 2 is 2.14 bits per heavy atom. The minimum absolute atomic E-state index is 0.243. The van der Waals surface area contributed by atoms with Crippen molar-refractivity contribution in [2.75, 3.05) is 30.8 Å². The summed E-state index contributed by atoms with van der Waals surface area (Å²) in [5, 5.41) is 10.2. The largest absolute Gasteiger partial charge is 0.465 e. The average Bonchev–Trinajstić information content (AvgIpc) is 2.66. The molecule has 0 aliphatic carbocycles. The van der Waals surface area contributed by atoms with Crippen molar-refractivity contribution in [1.29, 1.82) is 5.26 Å². The van der Waals surface area contributed by atoms with E-state index in [1.54, 1.807) is 0 Å². The topological polar surface area (TPSA) is 79.3 Å². The van der Waals surface area contributed by atoms with E-state index < -0.39 is 5.97 Å². The third-order valence-corrected chi connectivity index (χ3v) is 5.28. The fraction of sp³-hybridized carbons (Fsp3) is 0.600. The van der Waals surface area contributed by atoms with E-state index in [0.29, 0.717) is 15.9 Å². The Morgan fingerprint density at radius 3 is 2.76 bits per heavy atom. The number of carbonyl (C=O) groups excluding carboxylic acids is 1. The third-order valence-electron chi connectivity index (χ3n) is 4.04. The van der Waals surface area contributed by atoms with Gasteiger partial charge in [-0.25, -0.2) is 4.79 Å². The maximum absolute atomic E-state index is 11.7. The van der Waals surface area contributed by atoms with E-state index in [2.05, 4.69) is 24.8 Å². The zero-order valence-corrected chi connectivity index (χ0v) is 13.5. The number of anilines is 2. The van der Waals surface area contributed by atoms with Crippen LogP contribution in [0.5, 0.6) is 0 Å². The number of methoxy groups -OCH3 is 1. The summed E-state index contributed by atoms with van der Waals surface area (Å²) in [7, 11) is 1.32. The number of nitriles is 1. The molecule has 0 saturated carbocycles. The fourth-order valence-corrected chi connectivity index (χ4v) is 3.77. The van der Waals surface area contributed by atoms with Crippen molar-refractivity contribution >= 4 is 28.0 Å². The summed E-state index contributed by atoms with van der Waals surface area (Å²) in [6.07, 6.45) is 3.29. The van der Waals surface area contributed by atoms with Crippen LogP contribution in [-0.2, 0) is 4.74 Å². The number of nitrogen functional groups attached to an aromatic ring is 1. The zero-order valence-electron chi connectivity index (χ0n) is 12.7. The molecule has 0 radical (unpaired) electrons. The van der Waals surface area contributed by atoms with Gasteiger partial charge in [-0.05, 0) is 24.7 Å². The maximum atomic E-state index is 11.7. The molecule has 0 bridgehead atoms. The zero-order chi connectivity index (χ0) is 15.6. The van der Waals surface area contributed by atoms with Gasteiger partial charge in [-0.2, -0.15) is 5.26 Å². The number of thiophene rings is 1. The lowest BCUT2D eigenvalue weighted by molar-refractivity contribution is 0.0607. The van der Waals surface area contributed by atoms with Crippen LogP contribution in [0.15, 0.2) is 0 Å². The van der Waals surface area contributed by atoms with Gasteiger partial charge < -0.3 is 15.4 Å². The normalized spacial score (nSPS) is 17.9. The van der Waals surface area contributed by atoms with E-state index in [0.717, 1.165) is 37.4 Å². The van der Waals surface area contributed by atoms with Gasteiger partial charge in [0.05, 0.1) is 12.8 Å². The molecule has 6 heteroatoms. The molecular weight excluding hydrogens is 286 g/mol. The van der Waals surface area contributed by atoms with Crippen LogP contribution in [0.25, 0.3) is 0 Å². The van der Waals surface area contributed by atoms with Crippen molar-refractivity contribution in [1.82, 2.24) is 0 Å². The predicted octanol–water partition coefficient (Wildman–Crippen LogP) is 3.01. The monoisotopic (exact) mass is 307 g/mol. The Morgan fingerprint density at radius 1 is 1.43 bits per heavy atom. The van der Waals surface area contributed by atoms with Crippen molar-refractivity contribution in [3.63, 3.8) is 0 Å². The van der Waals surface area contributed by atoms with Crippen LogP contribution in [-0.4, -0.2) is 26.2 Å². The first-order valence-electron chi connectivity index (χ1n) is 7.05. The van der Waals surface area contributed by atoms with Gasteiger partial charge in [-0.3, -0.25) is 0 Å². The number of nitrogens with two attached hydrogens (primary N) is 1. The number of rotatable bonds is 2. The molecule has 2 N–H and O–H groups in total. The highest BCUT2D eigenvalue weighted by Crippen LogP contribution is 2.40. The van der Waals surface area contributed by atoms with Gasteiger partial charge in [-0.15, -0.1) is 11.3 Å². The first-order valence-corrected chi connectivity index (χ1v) is 7.87. The second-order valence-corrected chi connectivity index (χ2v) is 7.13. The summed E-state index contributed by atoms with van der Waals surface area (Å²) in [5.74, 6) is -0.476. The lowest BCUT2D eigenvalue weighted by Crippen LogP contribution is -2.24. The van der Waals surface area contributed by atoms with E-state index in [1.807, 2.05) is 0 Å². The lowest BCUT2D eigenvalue weighted by Gasteiger charge is -2.24. The van der Waals surface area contributed by atoms with E-state index in [4.69, 9.17) is 10.5 Å². The quantitative estimate of drug-likeness (QED) is 0.850. The van der Waals surface area contributed by atoms with E-state index in [-0.39, 0.29) is 5.69 Å². The molecule has 1 saturated heterocycles. The Bertz CT molecular complexity index is 586. The molecule has 1 aliphatic heterocycles. The molecule has 5 nitrogen and oxygen atoms in total. The first-order chi connectivity index (χ1) is 9.89. The number of nitrogens with zero attached hydrogens (tertiary/aromatic N) is 2. The third kappa shape index (κ3) is 3.13. The summed E-state index contributed by atoms with van der Waals surface area (Å²) in [5.41, 5.74) is 6.91. The van der Waals surface area contributed by atoms with Crippen LogP contribution in [0, 0.1) is 16.7 Å². The van der Waals surface area contributed by atoms with Gasteiger partial charge in [0, 0.05) is 13.1 Å². The number of hydrogen-bond donors (Lipinski definition) is 1. The van der Waals surface area contributed by atoms with Crippen molar-refractivity contribution < 1.29 is 9.53 Å². The lowest BCUT2D eigenvalue weighted by atomic mass is 9.85. The van der Waals surface area contributed by atoms with E-state index >= 15 is 0 Å². The second kappa shape index (κ2) is 5.94. The molecule has 1 aromatic rings. The van der Waals surface area contributed by atoms with Gasteiger partial charge in [0.1, 0.15) is 21.5 Å². The standard InChI is InChI=1S/C15H21N3O2S/c1-15(2)5-4-7-18(8-6-15)13-10(9-16)11(17)12(21-13)14(19)20-3/h4-8,17H2,1-3H3. The van der Waals surface area contributed by atoms with Crippen LogP contribution in [0.2, 0.25) is 0 Å². The molecule has 0 spiro atoms. The Labute approximate surface area is 129 Å². The van der Waals surface area contributed by atoms with Crippen LogP contribution in [0.1, 0.15) is 48.3 Å². The molecular formula is C15H21N3O2S. The Hall–Kier alpha value is -1.74. The minimum atomic E-state index is -0.476. The van der Waals surface area contributed by atoms with Crippen molar-refractivity contribution in [2.45, 2.75) is 33.1 Å². The SMILES string of the molecule is COC(=O)c1sc(N2CCCC(C)(C)CC2)c(C#N)c1N. The Balaban J connectivity index is 2.35. The molecule has 1 fully saturated rings. The highest BCUT2D eigenvalue weighted by atomic mass is 32.1. The van der Waals surface area contributed by atoms with Crippen LogP contribution in [0.4, 0.5) is 10.7 Å². The predicted molar refractivity (Wildman–Crippen MR) is 84.6 cm³/mol. The highest BCUT2D eigenvalue weighted by Gasteiger charge is 2.28. The summed E-state index contributed by atoms with van der Waals surface area (Å²) >= 11 is 1.26. The van der Waals surface area contributed by atoms with Crippen LogP contribution >= 0.6 is 11.3 Å². The van der Waals surface area contributed by atoms with Gasteiger partial charge in [0.2, 0.25) is 0 Å². The van der Waals surface area contributed by atoms with Gasteiger partial charge in [0.25, 0.3) is 0 Å². The number of esters is 1. The van der Waals surface area contributed by atoms with Crippen molar-refractivity contribution in [3.8, 4) is 6.07 Å². The van der Waals surface area contributed by atoms with Crippen molar-refractivity contribution in [3.05, 3.63) is 10.4 Å². The van der Waals surface area contributed by atoms with Gasteiger partial charge in [-0.1, -0.05) is 13.8 Å². The van der Waals surface area contributed by atoms with E-state index in [9.17, 15) is 10.1 Å². The van der Waals surface area contributed by atoms with Crippen molar-refractivity contribution in [2.24, 2.45) is 5.41 Å². The highest BCUT2D eigenvalue weighted by molar-refractivity contribution is 7.18. The number of hydrogen-bond acceptors (Lipinski definition) is 6. The summed E-state index contributed by atoms with van der Waals surface area (Å²) in [6, 6.07) is 2.14. The second-order valence-electron chi connectivity index (χ2n) is 6.13. The van der Waals surface area contributed by atoms with Gasteiger partial charge >= 0.3 is 5.97 Å². The van der Waals surface area contributed by atoms with Crippen LogP contribution in [0.3, 0.4) is 0 Å². The minimum Gasteiger partial charge on any atom is -0.465 e. The first kappa shape index (κ1) is 15.6. The molecule has 0 unspecified atom stereocenters. The molecule has 2 heterocycles. The Kier molecular flexibility index (Phi) is 4.43. The smallest absolute Gasteiger partial charge is 0.350 e. The molecule has 114 valence electrons. The number of carbonyl (C=O) groups is 1. The summed E-state index contributed by atoms with van der Waals surface area (Å²) in [4.78, 5) is 14.3. The molecule has 0 aromatic carbocycles.